The first-order valence-electron chi connectivity index (χ1n) is 5.83. The molecule has 0 heterocycles. The molecule has 0 spiro atoms. The molecular weight excluding hydrogens is 257 g/mol. The summed E-state index contributed by atoms with van der Waals surface area (Å²) in [7, 11) is 0. The fourth-order valence-corrected chi connectivity index (χ4v) is 2.13. The minimum absolute atomic E-state index is 0.0134. The van der Waals surface area contributed by atoms with Crippen molar-refractivity contribution in [3.63, 3.8) is 0 Å². The Kier molecular flexibility index (Phi) is 6.38. The van der Waals surface area contributed by atoms with E-state index in [1.165, 1.54) is 0 Å². The van der Waals surface area contributed by atoms with Gasteiger partial charge < -0.3 is 5.32 Å². The van der Waals surface area contributed by atoms with E-state index >= 15 is 0 Å². The van der Waals surface area contributed by atoms with E-state index in [9.17, 15) is 4.79 Å². The number of rotatable bonds is 6. The van der Waals surface area contributed by atoms with Crippen molar-refractivity contribution in [3.05, 3.63) is 33.8 Å². The largest absolute Gasteiger partial charge is 0.356 e. The van der Waals surface area contributed by atoms with Gasteiger partial charge in [-0.15, -0.1) is 0 Å². The molecule has 17 heavy (non-hydrogen) atoms. The monoisotopic (exact) mass is 273 g/mol. The van der Waals surface area contributed by atoms with E-state index in [1.807, 2.05) is 0 Å². The summed E-state index contributed by atoms with van der Waals surface area (Å²) >= 11 is 11.7. The lowest BCUT2D eigenvalue weighted by Crippen LogP contribution is -2.26. The Morgan fingerprint density at radius 2 is 1.82 bits per heavy atom. The van der Waals surface area contributed by atoms with Crippen molar-refractivity contribution in [2.75, 3.05) is 6.54 Å². The number of amides is 1. The molecule has 0 bridgehead atoms. The van der Waals surface area contributed by atoms with E-state index in [2.05, 4.69) is 12.2 Å². The zero-order valence-electron chi connectivity index (χ0n) is 9.93. The summed E-state index contributed by atoms with van der Waals surface area (Å²) in [5, 5.41) is 4.00. The Balaban J connectivity index is 2.39. The number of halogens is 2. The van der Waals surface area contributed by atoms with Gasteiger partial charge in [0.15, 0.2) is 0 Å². The van der Waals surface area contributed by atoms with Gasteiger partial charge in [0.2, 0.25) is 5.91 Å². The summed E-state index contributed by atoms with van der Waals surface area (Å²) in [6.45, 7) is 2.87. The maximum atomic E-state index is 11.6. The molecule has 0 radical (unpaired) electrons. The second-order valence-electron chi connectivity index (χ2n) is 4.01. The van der Waals surface area contributed by atoms with E-state index in [-0.39, 0.29) is 5.91 Å². The van der Waals surface area contributed by atoms with Crippen molar-refractivity contribution in [3.8, 4) is 0 Å². The average molecular weight is 274 g/mol. The Morgan fingerprint density at radius 3 is 2.41 bits per heavy atom. The molecule has 1 rings (SSSR count). The highest BCUT2D eigenvalue weighted by molar-refractivity contribution is 6.34. The molecule has 0 fully saturated rings. The first-order chi connectivity index (χ1) is 8.11. The maximum Gasteiger partial charge on any atom is 0.224 e. The number of hydrogen-bond acceptors (Lipinski definition) is 1. The molecule has 1 aromatic rings. The van der Waals surface area contributed by atoms with Crippen molar-refractivity contribution >= 4 is 29.1 Å². The van der Waals surface area contributed by atoms with Crippen LogP contribution in [0.4, 0.5) is 0 Å². The van der Waals surface area contributed by atoms with Crippen LogP contribution in [-0.4, -0.2) is 12.5 Å². The molecule has 0 saturated heterocycles. The van der Waals surface area contributed by atoms with Crippen LogP contribution in [0, 0.1) is 0 Å². The van der Waals surface area contributed by atoms with Gasteiger partial charge in [-0.3, -0.25) is 4.79 Å². The van der Waals surface area contributed by atoms with Crippen molar-refractivity contribution in [2.24, 2.45) is 0 Å². The second-order valence-corrected chi connectivity index (χ2v) is 4.88. The van der Waals surface area contributed by atoms with E-state index in [0.29, 0.717) is 16.5 Å². The number of nitrogens with one attached hydrogen (secondary N) is 1. The average Bonchev–Trinajstić information content (AvgIpc) is 2.23. The van der Waals surface area contributed by atoms with E-state index in [1.54, 1.807) is 18.2 Å². The molecule has 1 amide bonds. The number of carbonyl (C=O) groups excluding carboxylic acids is 1. The summed E-state index contributed by atoms with van der Waals surface area (Å²) in [6, 6.07) is 5.18. The maximum absolute atomic E-state index is 11.6. The van der Waals surface area contributed by atoms with Gasteiger partial charge in [-0.25, -0.2) is 0 Å². The highest BCUT2D eigenvalue weighted by Crippen LogP contribution is 2.19. The predicted molar refractivity (Wildman–Crippen MR) is 72.7 cm³/mol. The van der Waals surface area contributed by atoms with Crippen LogP contribution in [0.2, 0.25) is 10.0 Å². The third-order valence-electron chi connectivity index (χ3n) is 2.39. The molecule has 94 valence electrons. The van der Waals surface area contributed by atoms with E-state index in [0.717, 1.165) is 31.4 Å². The highest BCUT2D eigenvalue weighted by Gasteiger charge is 2.04. The molecule has 4 heteroatoms. The lowest BCUT2D eigenvalue weighted by atomic mass is 10.1. The highest BCUT2D eigenvalue weighted by atomic mass is 35.5. The summed E-state index contributed by atoms with van der Waals surface area (Å²) in [4.78, 5) is 11.6. The third kappa shape index (κ3) is 5.94. The van der Waals surface area contributed by atoms with E-state index < -0.39 is 0 Å². The van der Waals surface area contributed by atoms with Gasteiger partial charge in [-0.05, 0) is 30.2 Å². The summed E-state index contributed by atoms with van der Waals surface area (Å²) < 4.78 is 0. The van der Waals surface area contributed by atoms with Crippen LogP contribution in [0.25, 0.3) is 0 Å². The van der Waals surface area contributed by atoms with Crippen LogP contribution in [0.1, 0.15) is 31.7 Å². The third-order valence-corrected chi connectivity index (χ3v) is 2.83. The van der Waals surface area contributed by atoms with Gasteiger partial charge in [0, 0.05) is 16.6 Å². The van der Waals surface area contributed by atoms with Crippen LogP contribution >= 0.6 is 23.2 Å². The zero-order chi connectivity index (χ0) is 12.7. The van der Waals surface area contributed by atoms with Gasteiger partial charge in [-0.1, -0.05) is 43.0 Å². The number of hydrogen-bond donors (Lipinski definition) is 1. The summed E-state index contributed by atoms with van der Waals surface area (Å²) in [5.74, 6) is 0.0134. The van der Waals surface area contributed by atoms with E-state index in [4.69, 9.17) is 23.2 Å². The Bertz CT molecular complexity index is 359. The van der Waals surface area contributed by atoms with Crippen LogP contribution in [0.15, 0.2) is 18.2 Å². The molecule has 1 aromatic carbocycles. The molecule has 1 N–H and O–H groups in total. The Morgan fingerprint density at radius 1 is 1.18 bits per heavy atom. The number of benzene rings is 1. The molecule has 0 aliphatic carbocycles. The van der Waals surface area contributed by atoms with Crippen molar-refractivity contribution in [1.29, 1.82) is 0 Å². The second kappa shape index (κ2) is 7.57. The molecule has 0 atom stereocenters. The van der Waals surface area contributed by atoms with Gasteiger partial charge >= 0.3 is 0 Å². The standard InChI is InChI=1S/C13H17Cl2NO/c1-2-3-4-5-16-13(17)8-10-6-11(14)9-12(15)7-10/h6-7,9H,2-5,8H2,1H3,(H,16,17). The Hall–Kier alpha value is -0.730. The molecule has 0 aromatic heterocycles. The lowest BCUT2D eigenvalue weighted by molar-refractivity contribution is -0.120. The molecular formula is C13H17Cl2NO. The fraction of sp³-hybridized carbons (Fsp3) is 0.462. The van der Waals surface area contributed by atoms with Gasteiger partial charge in [-0.2, -0.15) is 0 Å². The van der Waals surface area contributed by atoms with Gasteiger partial charge in [0.25, 0.3) is 0 Å². The topological polar surface area (TPSA) is 29.1 Å². The first kappa shape index (κ1) is 14.3. The first-order valence-corrected chi connectivity index (χ1v) is 6.59. The lowest BCUT2D eigenvalue weighted by Gasteiger charge is -2.05. The smallest absolute Gasteiger partial charge is 0.224 e. The SMILES string of the molecule is CCCCCNC(=O)Cc1cc(Cl)cc(Cl)c1. The minimum Gasteiger partial charge on any atom is -0.356 e. The zero-order valence-corrected chi connectivity index (χ0v) is 11.4. The van der Waals surface area contributed by atoms with Crippen LogP contribution < -0.4 is 5.32 Å². The normalized spacial score (nSPS) is 10.3. The van der Waals surface area contributed by atoms with Gasteiger partial charge in [0.1, 0.15) is 0 Å². The van der Waals surface area contributed by atoms with Crippen LogP contribution in [0.3, 0.4) is 0 Å². The molecule has 0 saturated carbocycles. The van der Waals surface area contributed by atoms with Crippen molar-refractivity contribution in [2.45, 2.75) is 32.6 Å². The summed E-state index contributed by atoms with van der Waals surface area (Å²) in [6.07, 6.45) is 3.65. The fourth-order valence-electron chi connectivity index (χ4n) is 1.56. The van der Waals surface area contributed by atoms with Crippen molar-refractivity contribution < 1.29 is 4.79 Å². The number of unbranched alkanes of at least 4 members (excludes halogenated alkanes) is 2. The molecule has 0 unspecified atom stereocenters. The van der Waals surface area contributed by atoms with Gasteiger partial charge in [0.05, 0.1) is 6.42 Å². The van der Waals surface area contributed by atoms with Crippen molar-refractivity contribution in [1.82, 2.24) is 5.32 Å². The minimum atomic E-state index is 0.0134. The Labute approximate surface area is 112 Å². The molecule has 0 aliphatic rings. The quantitative estimate of drug-likeness (QED) is 0.784. The molecule has 0 aliphatic heterocycles. The summed E-state index contributed by atoms with van der Waals surface area (Å²) in [5.41, 5.74) is 0.843. The van der Waals surface area contributed by atoms with Crippen LogP contribution in [-0.2, 0) is 11.2 Å². The molecule has 2 nitrogen and oxygen atoms in total. The predicted octanol–water partition coefficient (Wildman–Crippen LogP) is 3.84. The van der Waals surface area contributed by atoms with Crippen LogP contribution in [0.5, 0.6) is 0 Å². The number of carbonyl (C=O) groups is 1.